The molecule has 0 spiro atoms. The number of hydrogen-bond donors (Lipinski definition) is 2. The van der Waals surface area contributed by atoms with E-state index in [9.17, 15) is 13.6 Å². The molecule has 0 saturated carbocycles. The van der Waals surface area contributed by atoms with E-state index in [0.717, 1.165) is 28.7 Å². The van der Waals surface area contributed by atoms with E-state index < -0.39 is 11.6 Å². The molecule has 2 aromatic carbocycles. The number of rotatable bonds is 5. The first-order valence-corrected chi connectivity index (χ1v) is 7.14. The van der Waals surface area contributed by atoms with Gasteiger partial charge in [-0.2, -0.15) is 0 Å². The van der Waals surface area contributed by atoms with Crippen LogP contribution in [0.2, 0.25) is 0 Å². The van der Waals surface area contributed by atoms with E-state index in [2.05, 4.69) is 5.32 Å². The standard InChI is InChI=1S/C15H13F2NO2S/c16-11-5-12(17)7-13(6-11)18-15(20)9-21-14-3-1-10(8-19)2-4-14/h1-7,19H,8-9H2,(H,18,20). The first-order chi connectivity index (χ1) is 10.1. The maximum atomic E-state index is 13.0. The molecule has 0 aromatic heterocycles. The zero-order chi connectivity index (χ0) is 15.2. The van der Waals surface area contributed by atoms with E-state index in [1.54, 1.807) is 24.3 Å². The number of anilines is 1. The van der Waals surface area contributed by atoms with Gasteiger partial charge in [-0.3, -0.25) is 4.79 Å². The smallest absolute Gasteiger partial charge is 0.234 e. The van der Waals surface area contributed by atoms with Crippen molar-refractivity contribution in [3.8, 4) is 0 Å². The molecule has 2 N–H and O–H groups in total. The summed E-state index contributed by atoms with van der Waals surface area (Å²) >= 11 is 1.29. The molecule has 0 fully saturated rings. The SMILES string of the molecule is O=C(CSc1ccc(CO)cc1)Nc1cc(F)cc(F)c1. The Morgan fingerprint density at radius 3 is 2.29 bits per heavy atom. The highest BCUT2D eigenvalue weighted by Gasteiger charge is 2.06. The van der Waals surface area contributed by atoms with E-state index in [1.165, 1.54) is 11.8 Å². The number of hydrogen-bond acceptors (Lipinski definition) is 3. The van der Waals surface area contributed by atoms with Gasteiger partial charge in [0, 0.05) is 16.6 Å². The second-order valence-electron chi connectivity index (χ2n) is 4.30. The van der Waals surface area contributed by atoms with Gasteiger partial charge < -0.3 is 10.4 Å². The molecule has 0 radical (unpaired) electrons. The van der Waals surface area contributed by atoms with E-state index >= 15 is 0 Å². The molecule has 21 heavy (non-hydrogen) atoms. The van der Waals surface area contributed by atoms with Gasteiger partial charge in [0.2, 0.25) is 5.91 Å². The fourth-order valence-corrected chi connectivity index (χ4v) is 2.36. The van der Waals surface area contributed by atoms with Crippen LogP contribution in [0, 0.1) is 11.6 Å². The van der Waals surface area contributed by atoms with Crippen molar-refractivity contribution in [2.24, 2.45) is 0 Å². The zero-order valence-corrected chi connectivity index (χ0v) is 11.8. The predicted molar refractivity (Wildman–Crippen MR) is 78.1 cm³/mol. The number of carbonyl (C=O) groups excluding carboxylic acids is 1. The van der Waals surface area contributed by atoms with Crippen LogP contribution in [0.5, 0.6) is 0 Å². The lowest BCUT2D eigenvalue weighted by molar-refractivity contribution is -0.113. The number of aliphatic hydroxyl groups excluding tert-OH is 1. The van der Waals surface area contributed by atoms with Gasteiger partial charge in [0.1, 0.15) is 11.6 Å². The maximum Gasteiger partial charge on any atom is 0.234 e. The van der Waals surface area contributed by atoms with Gasteiger partial charge >= 0.3 is 0 Å². The molecule has 0 aliphatic carbocycles. The van der Waals surface area contributed by atoms with Gasteiger partial charge in [-0.25, -0.2) is 8.78 Å². The molecule has 0 heterocycles. The van der Waals surface area contributed by atoms with Crippen molar-refractivity contribution in [1.82, 2.24) is 0 Å². The number of nitrogens with one attached hydrogen (secondary N) is 1. The van der Waals surface area contributed by atoms with Crippen LogP contribution in [0.3, 0.4) is 0 Å². The Morgan fingerprint density at radius 1 is 1.10 bits per heavy atom. The monoisotopic (exact) mass is 309 g/mol. The van der Waals surface area contributed by atoms with Crippen LogP contribution in [0.1, 0.15) is 5.56 Å². The summed E-state index contributed by atoms with van der Waals surface area (Å²) in [5, 5.41) is 11.4. The highest BCUT2D eigenvalue weighted by molar-refractivity contribution is 8.00. The second kappa shape index (κ2) is 7.19. The van der Waals surface area contributed by atoms with E-state index in [4.69, 9.17) is 5.11 Å². The molecular formula is C15H13F2NO2S. The van der Waals surface area contributed by atoms with E-state index in [-0.39, 0.29) is 24.0 Å². The Labute approximate surface area is 125 Å². The number of carbonyl (C=O) groups is 1. The highest BCUT2D eigenvalue weighted by Crippen LogP contribution is 2.19. The molecule has 0 atom stereocenters. The molecule has 110 valence electrons. The first kappa shape index (κ1) is 15.5. The minimum atomic E-state index is -0.738. The summed E-state index contributed by atoms with van der Waals surface area (Å²) in [6, 6.07) is 9.98. The molecule has 0 saturated heterocycles. The largest absolute Gasteiger partial charge is 0.392 e. The van der Waals surface area contributed by atoms with Crippen LogP contribution < -0.4 is 5.32 Å². The lowest BCUT2D eigenvalue weighted by Gasteiger charge is -2.06. The molecule has 1 amide bonds. The van der Waals surface area contributed by atoms with Gasteiger partial charge in [-0.1, -0.05) is 12.1 Å². The number of amides is 1. The molecule has 3 nitrogen and oxygen atoms in total. The normalized spacial score (nSPS) is 10.4. The summed E-state index contributed by atoms with van der Waals surface area (Å²) in [4.78, 5) is 12.6. The van der Waals surface area contributed by atoms with Crippen LogP contribution >= 0.6 is 11.8 Å². The van der Waals surface area contributed by atoms with Crippen LogP contribution in [0.15, 0.2) is 47.4 Å². The lowest BCUT2D eigenvalue weighted by atomic mass is 10.2. The van der Waals surface area contributed by atoms with Gasteiger partial charge in [0.15, 0.2) is 0 Å². The lowest BCUT2D eigenvalue weighted by Crippen LogP contribution is -2.14. The van der Waals surface area contributed by atoms with Gasteiger partial charge in [0.25, 0.3) is 0 Å². The summed E-state index contributed by atoms with van der Waals surface area (Å²) in [5.41, 5.74) is 0.882. The zero-order valence-electron chi connectivity index (χ0n) is 11.0. The van der Waals surface area contributed by atoms with Gasteiger partial charge in [-0.05, 0) is 29.8 Å². The third-order valence-electron chi connectivity index (χ3n) is 2.62. The molecule has 6 heteroatoms. The first-order valence-electron chi connectivity index (χ1n) is 6.15. The Hall–Kier alpha value is -1.92. The molecule has 0 unspecified atom stereocenters. The minimum Gasteiger partial charge on any atom is -0.392 e. The number of halogens is 2. The van der Waals surface area contributed by atoms with Crippen LogP contribution in [0.4, 0.5) is 14.5 Å². The summed E-state index contributed by atoms with van der Waals surface area (Å²) in [6.45, 7) is -0.0312. The van der Waals surface area contributed by atoms with Gasteiger partial charge in [0.05, 0.1) is 12.4 Å². The summed E-state index contributed by atoms with van der Waals surface area (Å²) < 4.78 is 26.0. The molecular weight excluding hydrogens is 296 g/mol. The van der Waals surface area contributed by atoms with Crippen molar-refractivity contribution < 1.29 is 18.7 Å². The van der Waals surface area contributed by atoms with Crippen LogP contribution in [0.25, 0.3) is 0 Å². The molecule has 0 aliphatic rings. The van der Waals surface area contributed by atoms with Crippen molar-refractivity contribution in [1.29, 1.82) is 0 Å². The van der Waals surface area contributed by atoms with Crippen molar-refractivity contribution in [2.75, 3.05) is 11.1 Å². The van der Waals surface area contributed by atoms with Crippen molar-refractivity contribution in [3.63, 3.8) is 0 Å². The van der Waals surface area contributed by atoms with Crippen LogP contribution in [-0.2, 0) is 11.4 Å². The van der Waals surface area contributed by atoms with E-state index in [1.807, 2.05) is 0 Å². The average molecular weight is 309 g/mol. The summed E-state index contributed by atoms with van der Waals surface area (Å²) in [7, 11) is 0. The second-order valence-corrected chi connectivity index (χ2v) is 5.35. The topological polar surface area (TPSA) is 49.3 Å². The highest BCUT2D eigenvalue weighted by atomic mass is 32.2. The van der Waals surface area contributed by atoms with Crippen molar-refractivity contribution in [3.05, 3.63) is 59.7 Å². The third-order valence-corrected chi connectivity index (χ3v) is 3.63. The Kier molecular flexibility index (Phi) is 5.30. The third kappa shape index (κ3) is 4.84. The molecule has 0 aliphatic heterocycles. The Bertz CT molecular complexity index is 612. The number of benzene rings is 2. The molecule has 0 bridgehead atoms. The minimum absolute atomic E-state index is 0.0312. The Morgan fingerprint density at radius 2 is 1.71 bits per heavy atom. The van der Waals surface area contributed by atoms with Gasteiger partial charge in [-0.15, -0.1) is 11.8 Å². The van der Waals surface area contributed by atoms with Crippen molar-refractivity contribution >= 4 is 23.4 Å². The number of aliphatic hydroxyl groups is 1. The fraction of sp³-hybridized carbons (Fsp3) is 0.133. The van der Waals surface area contributed by atoms with Crippen molar-refractivity contribution in [2.45, 2.75) is 11.5 Å². The van der Waals surface area contributed by atoms with E-state index in [0.29, 0.717) is 0 Å². The quantitative estimate of drug-likeness (QED) is 0.834. The summed E-state index contributed by atoms with van der Waals surface area (Å²) in [6.07, 6.45) is 0. The molecule has 2 rings (SSSR count). The fourth-order valence-electron chi connectivity index (χ4n) is 1.66. The average Bonchev–Trinajstić information content (AvgIpc) is 2.44. The maximum absolute atomic E-state index is 13.0. The molecule has 2 aromatic rings. The van der Waals surface area contributed by atoms with Crippen LogP contribution in [-0.4, -0.2) is 16.8 Å². The Balaban J connectivity index is 1.89. The summed E-state index contributed by atoms with van der Waals surface area (Å²) in [5.74, 6) is -1.71. The number of thioether (sulfide) groups is 1. The predicted octanol–water partition coefficient (Wildman–Crippen LogP) is 3.19.